The molecule has 22 heavy (non-hydrogen) atoms. The van der Waals surface area contributed by atoms with Crippen molar-refractivity contribution in [1.29, 1.82) is 0 Å². The van der Waals surface area contributed by atoms with Gasteiger partial charge in [-0.25, -0.2) is 0 Å². The van der Waals surface area contributed by atoms with Crippen LogP contribution in [0.4, 0.5) is 5.69 Å². The van der Waals surface area contributed by atoms with Crippen LogP contribution in [0.2, 0.25) is 0 Å². The van der Waals surface area contributed by atoms with Crippen LogP contribution < -0.4 is 14.8 Å². The van der Waals surface area contributed by atoms with E-state index in [9.17, 15) is 4.79 Å². The highest BCUT2D eigenvalue weighted by molar-refractivity contribution is 6.07. The van der Waals surface area contributed by atoms with Gasteiger partial charge in [0.05, 0.1) is 25.4 Å². The lowest BCUT2D eigenvalue weighted by Crippen LogP contribution is -2.12. The van der Waals surface area contributed by atoms with Gasteiger partial charge >= 0.3 is 0 Å². The van der Waals surface area contributed by atoms with Gasteiger partial charge in [-0.2, -0.15) is 0 Å². The quantitative estimate of drug-likeness (QED) is 0.775. The third-order valence-corrected chi connectivity index (χ3v) is 3.44. The number of benzene rings is 2. The van der Waals surface area contributed by atoms with Crippen LogP contribution in [0.5, 0.6) is 11.5 Å². The smallest absolute Gasteiger partial charge is 0.272 e. The molecule has 0 bridgehead atoms. The Morgan fingerprint density at radius 1 is 1.00 bits per heavy atom. The predicted molar refractivity (Wildman–Crippen MR) is 85.8 cm³/mol. The summed E-state index contributed by atoms with van der Waals surface area (Å²) in [6.45, 7) is 0. The molecular formula is C17H16N2O3. The Kier molecular flexibility index (Phi) is 3.70. The Morgan fingerprint density at radius 3 is 2.50 bits per heavy atom. The number of ether oxygens (including phenoxy) is 2. The number of nitrogens with one attached hydrogen (secondary N) is 2. The summed E-state index contributed by atoms with van der Waals surface area (Å²) in [6, 6.07) is 14.7. The number of H-pyrrole nitrogens is 1. The summed E-state index contributed by atoms with van der Waals surface area (Å²) < 4.78 is 10.5. The summed E-state index contributed by atoms with van der Waals surface area (Å²) in [7, 11) is 3.17. The fourth-order valence-corrected chi connectivity index (χ4v) is 2.36. The minimum atomic E-state index is -0.234. The molecule has 0 radical (unpaired) electrons. The average molecular weight is 296 g/mol. The lowest BCUT2D eigenvalue weighted by molar-refractivity contribution is 0.102. The molecule has 0 aliphatic rings. The number of hydrogen-bond donors (Lipinski definition) is 2. The molecule has 0 saturated carbocycles. The van der Waals surface area contributed by atoms with Crippen molar-refractivity contribution in [3.8, 4) is 11.5 Å². The maximum absolute atomic E-state index is 12.4. The molecule has 0 unspecified atom stereocenters. The summed E-state index contributed by atoms with van der Waals surface area (Å²) >= 11 is 0. The Hall–Kier alpha value is -2.95. The van der Waals surface area contributed by atoms with Crippen molar-refractivity contribution in [2.24, 2.45) is 0 Å². The van der Waals surface area contributed by atoms with Crippen molar-refractivity contribution in [2.75, 3.05) is 19.5 Å². The van der Waals surface area contributed by atoms with Crippen LogP contribution in [0, 0.1) is 0 Å². The first-order valence-electron chi connectivity index (χ1n) is 6.83. The zero-order chi connectivity index (χ0) is 15.5. The molecule has 5 nitrogen and oxygen atoms in total. The molecule has 0 aliphatic carbocycles. The van der Waals surface area contributed by atoms with Gasteiger partial charge in [-0.15, -0.1) is 0 Å². The first-order valence-corrected chi connectivity index (χ1v) is 6.83. The second kappa shape index (κ2) is 5.81. The number of carbonyl (C=O) groups excluding carboxylic acids is 1. The highest BCUT2D eigenvalue weighted by atomic mass is 16.5. The van der Waals surface area contributed by atoms with E-state index in [4.69, 9.17) is 9.47 Å². The fourth-order valence-electron chi connectivity index (χ4n) is 2.36. The van der Waals surface area contributed by atoms with Crippen molar-refractivity contribution in [3.63, 3.8) is 0 Å². The molecule has 2 aromatic carbocycles. The SMILES string of the molecule is COc1ccccc1NC(=O)c1cc2cccc(OC)c2[nH]1. The normalized spacial score (nSPS) is 10.5. The molecule has 1 amide bonds. The van der Waals surface area contributed by atoms with E-state index < -0.39 is 0 Å². The average Bonchev–Trinajstić information content (AvgIpc) is 2.99. The topological polar surface area (TPSA) is 63.4 Å². The van der Waals surface area contributed by atoms with E-state index in [1.807, 2.05) is 30.3 Å². The molecule has 1 aromatic heterocycles. The van der Waals surface area contributed by atoms with E-state index in [1.54, 1.807) is 32.4 Å². The Bertz CT molecular complexity index is 824. The van der Waals surface area contributed by atoms with Crippen LogP contribution in [0.3, 0.4) is 0 Å². The largest absolute Gasteiger partial charge is 0.495 e. The van der Waals surface area contributed by atoms with Crippen molar-refractivity contribution in [2.45, 2.75) is 0 Å². The summed E-state index contributed by atoms with van der Waals surface area (Å²) in [5.74, 6) is 1.08. The van der Waals surface area contributed by atoms with Gasteiger partial charge in [0, 0.05) is 5.39 Å². The van der Waals surface area contributed by atoms with Crippen molar-refractivity contribution in [1.82, 2.24) is 4.98 Å². The van der Waals surface area contributed by atoms with Crippen LogP contribution in [0.15, 0.2) is 48.5 Å². The molecular weight excluding hydrogens is 280 g/mol. The highest BCUT2D eigenvalue weighted by Crippen LogP contribution is 2.27. The molecule has 1 heterocycles. The summed E-state index contributed by atoms with van der Waals surface area (Å²) in [4.78, 5) is 15.5. The van der Waals surface area contributed by atoms with Crippen LogP contribution in [0.25, 0.3) is 10.9 Å². The van der Waals surface area contributed by atoms with Gasteiger partial charge in [-0.1, -0.05) is 24.3 Å². The Morgan fingerprint density at radius 2 is 1.73 bits per heavy atom. The van der Waals surface area contributed by atoms with Crippen LogP contribution >= 0.6 is 0 Å². The van der Waals surface area contributed by atoms with Gasteiger partial charge in [0.15, 0.2) is 0 Å². The lowest BCUT2D eigenvalue weighted by atomic mass is 10.2. The molecule has 0 saturated heterocycles. The Balaban J connectivity index is 1.92. The summed E-state index contributed by atoms with van der Waals surface area (Å²) in [6.07, 6.45) is 0. The molecule has 2 N–H and O–H groups in total. The number of methoxy groups -OCH3 is 2. The zero-order valence-corrected chi connectivity index (χ0v) is 12.3. The van der Waals surface area contributed by atoms with E-state index in [1.165, 1.54) is 0 Å². The number of aromatic amines is 1. The molecule has 0 atom stereocenters. The van der Waals surface area contributed by atoms with E-state index in [2.05, 4.69) is 10.3 Å². The highest BCUT2D eigenvalue weighted by Gasteiger charge is 2.13. The number of hydrogen-bond acceptors (Lipinski definition) is 3. The van der Waals surface area contributed by atoms with Gasteiger partial charge in [0.1, 0.15) is 17.2 Å². The predicted octanol–water partition coefficient (Wildman–Crippen LogP) is 3.44. The summed E-state index contributed by atoms with van der Waals surface area (Å²) in [5.41, 5.74) is 1.89. The molecule has 3 rings (SSSR count). The van der Waals surface area contributed by atoms with Crippen molar-refractivity contribution in [3.05, 3.63) is 54.2 Å². The van der Waals surface area contributed by atoms with Gasteiger partial charge < -0.3 is 19.8 Å². The number of anilines is 1. The van der Waals surface area contributed by atoms with Crippen molar-refractivity contribution < 1.29 is 14.3 Å². The van der Waals surface area contributed by atoms with E-state index >= 15 is 0 Å². The number of para-hydroxylation sites is 3. The van der Waals surface area contributed by atoms with Gasteiger partial charge in [-0.05, 0) is 24.3 Å². The standard InChI is InChI=1S/C17H16N2O3/c1-21-14-8-4-3-7-12(14)19-17(20)13-10-11-6-5-9-15(22-2)16(11)18-13/h3-10,18H,1-2H3,(H,19,20). The van der Waals surface area contributed by atoms with E-state index in [0.29, 0.717) is 22.9 Å². The molecule has 0 fully saturated rings. The number of aromatic nitrogens is 1. The first kappa shape index (κ1) is 14.0. The lowest BCUT2D eigenvalue weighted by Gasteiger charge is -2.08. The number of amides is 1. The van der Waals surface area contributed by atoms with E-state index in [0.717, 1.165) is 10.9 Å². The second-order valence-corrected chi connectivity index (χ2v) is 4.76. The third kappa shape index (κ3) is 2.48. The monoisotopic (exact) mass is 296 g/mol. The molecule has 112 valence electrons. The third-order valence-electron chi connectivity index (χ3n) is 3.44. The minimum absolute atomic E-state index is 0.234. The van der Waals surface area contributed by atoms with Gasteiger partial charge in [0.2, 0.25) is 0 Å². The molecule has 0 aliphatic heterocycles. The van der Waals surface area contributed by atoms with Gasteiger partial charge in [0.25, 0.3) is 5.91 Å². The number of carbonyl (C=O) groups is 1. The fraction of sp³-hybridized carbons (Fsp3) is 0.118. The number of fused-ring (bicyclic) bond motifs is 1. The van der Waals surface area contributed by atoms with Crippen LogP contribution in [0.1, 0.15) is 10.5 Å². The maximum atomic E-state index is 12.4. The molecule has 3 aromatic rings. The van der Waals surface area contributed by atoms with Crippen molar-refractivity contribution >= 4 is 22.5 Å². The van der Waals surface area contributed by atoms with Crippen LogP contribution in [-0.2, 0) is 0 Å². The van der Waals surface area contributed by atoms with Gasteiger partial charge in [-0.3, -0.25) is 4.79 Å². The zero-order valence-electron chi connectivity index (χ0n) is 12.3. The molecule has 0 spiro atoms. The Labute approximate surface area is 127 Å². The van der Waals surface area contributed by atoms with Crippen LogP contribution in [-0.4, -0.2) is 25.1 Å². The minimum Gasteiger partial charge on any atom is -0.495 e. The maximum Gasteiger partial charge on any atom is 0.272 e. The number of rotatable bonds is 4. The molecule has 5 heteroatoms. The summed E-state index contributed by atoms with van der Waals surface area (Å²) in [5, 5.41) is 3.76. The first-order chi connectivity index (χ1) is 10.7. The van der Waals surface area contributed by atoms with E-state index in [-0.39, 0.29) is 5.91 Å². The second-order valence-electron chi connectivity index (χ2n) is 4.76.